The molecule has 4 fully saturated rings. The van der Waals surface area contributed by atoms with E-state index in [-0.39, 0.29) is 146 Å². The van der Waals surface area contributed by atoms with Gasteiger partial charge >= 0.3 is 23.9 Å². The van der Waals surface area contributed by atoms with E-state index in [1.54, 1.807) is 45.0 Å². The molecule has 2 aromatic carbocycles. The number of fused-ring (bicyclic) bond motifs is 4. The van der Waals surface area contributed by atoms with Gasteiger partial charge in [0.15, 0.2) is 4.99 Å². The Labute approximate surface area is 602 Å². The van der Waals surface area contributed by atoms with Crippen molar-refractivity contribution in [1.82, 2.24) is 61.3 Å². The van der Waals surface area contributed by atoms with Gasteiger partial charge in [0.25, 0.3) is 0 Å². The standard InChI is InChI=1S/C66H97N13O18S4/c1-3-4-8-28-101(97)66-16-15-52-64(94)78-18-9-12-51(78)61(91)72-58(42(2)80)62(92)69-47(13-14-53(67)81)59(89)70-48(32-43-10-6-5-7-11-43)60(90)71-50(65(95)96)41-100-39-46-30-44(29-45(31-46)38-99-40-49(73-66)63(93)79(52)66)37-98-27-17-68-54(82)33-74-19-21-75(34-55(83)84)23-25-77(36-57(87)88)26-24-76(22-20-74)35-56(85)86/h5-7,10-11,29-31,42,47-52,58,73,80H,3-4,8-9,12-28,32-41H2,1-2H3,(H2,67,81)(H,68,82)(H,69,92)(H,70,89)(H,71,90)(H,72,91)(H,83,84)(H,85,86)(H,87,88)(H,95,96)/t42-,47+,48+,49+,50+,51+,52+,58+,66+,101?/m1/s1. The third kappa shape index (κ3) is 24.9. The van der Waals surface area contributed by atoms with Gasteiger partial charge in [0.2, 0.25) is 47.3 Å². The second kappa shape index (κ2) is 40.2. The predicted octanol–water partition coefficient (Wildman–Crippen LogP) is -1.55. The first-order valence-electron chi connectivity index (χ1n) is 34.1. The Hall–Kier alpha value is -6.96. The van der Waals surface area contributed by atoms with Crippen LogP contribution in [0.4, 0.5) is 0 Å². The Bertz CT molecular complexity index is 3240. The molecule has 4 saturated heterocycles. The number of unbranched alkanes of at least 4 members (excludes halogenated alkanes) is 2. The Morgan fingerprint density at radius 1 is 0.683 bits per heavy atom. The van der Waals surface area contributed by atoms with Crippen molar-refractivity contribution in [2.24, 2.45) is 5.73 Å². The average Bonchev–Trinajstić information content (AvgIpc) is 1.56. The minimum Gasteiger partial charge on any atom is -0.480 e. The monoisotopic (exact) mass is 1490 g/mol. The van der Waals surface area contributed by atoms with Crippen molar-refractivity contribution in [1.29, 1.82) is 0 Å². The van der Waals surface area contributed by atoms with Crippen molar-refractivity contribution in [3.05, 3.63) is 70.8 Å². The first-order valence-corrected chi connectivity index (χ1v) is 38.9. The number of carbonyl (C=O) groups excluding carboxylic acids is 8. The molecule has 0 radical (unpaired) electrons. The number of hydrogen-bond acceptors (Lipinski definition) is 22. The summed E-state index contributed by atoms with van der Waals surface area (Å²) in [5, 5.41) is 67.1. The van der Waals surface area contributed by atoms with E-state index in [2.05, 4.69) is 31.9 Å². The van der Waals surface area contributed by atoms with E-state index in [9.17, 15) is 87.3 Å². The Kier molecular flexibility index (Phi) is 32.4. The molecule has 35 heteroatoms. The van der Waals surface area contributed by atoms with E-state index in [1.807, 2.05) is 30.0 Å². The number of aliphatic hydroxyl groups excluding tert-OH is 1. The lowest BCUT2D eigenvalue weighted by molar-refractivity contribution is -0.147. The summed E-state index contributed by atoms with van der Waals surface area (Å²) in [7, 11) is -1.67. The first-order chi connectivity index (χ1) is 48.2. The molecule has 5 aliphatic heterocycles. The summed E-state index contributed by atoms with van der Waals surface area (Å²) < 4.78 is 14.6. The number of primary amides is 1. The van der Waals surface area contributed by atoms with Gasteiger partial charge in [-0.3, -0.25) is 86.8 Å². The number of carbonyl (C=O) groups is 12. The second-order valence-corrected chi connectivity index (χ2v) is 31.0. The lowest BCUT2D eigenvalue weighted by atomic mass is 10.0. The molecule has 31 nitrogen and oxygen atoms in total. The van der Waals surface area contributed by atoms with Crippen LogP contribution in [0.25, 0.3) is 0 Å². The topological polar surface area (TPSA) is 441 Å². The molecule has 13 N–H and O–H groups in total. The van der Waals surface area contributed by atoms with E-state index in [1.165, 1.54) is 52.0 Å². The van der Waals surface area contributed by atoms with Gasteiger partial charge in [-0.05, 0) is 67.7 Å². The van der Waals surface area contributed by atoms with Crippen LogP contribution in [0, 0.1) is 0 Å². The normalized spacial score (nSPS) is 25.6. The highest BCUT2D eigenvalue weighted by Gasteiger charge is 2.62. The first kappa shape index (κ1) is 81.3. The summed E-state index contributed by atoms with van der Waals surface area (Å²) in [5.41, 5.74) is 8.59. The number of nitrogens with two attached hydrogens (primary N) is 1. The summed E-state index contributed by atoms with van der Waals surface area (Å²) in [4.78, 5) is 170. The highest BCUT2D eigenvalue weighted by atomic mass is 32.2. The number of carboxylic acid groups (broad SMARTS) is 4. The SMILES string of the molecule is CCCCCS(=O)[C@@]12CC[C@H]3C(=O)N4CCC[C@H]4C(=O)N[C@@H]([C@@H](C)O)C(=O)N[C@@H](CCC(N)=O)C(=O)N[C@@H](Cc4ccccc4)C(=O)N[C@H](C(=O)O)CSCc4cc(CSCCNC(=O)CN5CCN(CC(=O)O)CCN(CC(=O)O)CCN(CC(=O)O)CC5)cc(c4)CSC[C@H](N1)C(=O)N32. The Morgan fingerprint density at radius 3 is 1.82 bits per heavy atom. The molecule has 0 saturated carbocycles. The molecule has 0 aliphatic carbocycles. The largest absolute Gasteiger partial charge is 0.480 e. The Morgan fingerprint density at radius 2 is 1.26 bits per heavy atom. The molecule has 10 atom stereocenters. The lowest BCUT2D eigenvalue weighted by Gasteiger charge is -2.35. The zero-order valence-corrected chi connectivity index (χ0v) is 60.4. The fraction of sp³-hybridized carbons (Fsp3) is 0.636. The molecule has 5 aliphatic rings. The number of nitrogens with zero attached hydrogens (tertiary/aromatic N) is 6. The molecule has 0 aromatic heterocycles. The number of amides is 8. The number of thioether (sulfide) groups is 3. The van der Waals surface area contributed by atoms with Crippen molar-refractivity contribution >= 4 is 117 Å². The van der Waals surface area contributed by atoms with Crippen molar-refractivity contribution in [3.8, 4) is 0 Å². The van der Waals surface area contributed by atoms with Crippen LogP contribution in [-0.4, -0.2) is 298 Å². The minimum absolute atomic E-state index is 0.0707. The minimum atomic E-state index is -1.73. The fourth-order valence-electron chi connectivity index (χ4n) is 13.0. The van der Waals surface area contributed by atoms with E-state index in [4.69, 9.17) is 5.73 Å². The number of hydrogen-bond donors (Lipinski definition) is 12. The van der Waals surface area contributed by atoms with Crippen molar-refractivity contribution in [2.75, 3.05) is 115 Å². The number of carboxylic acids is 4. The Balaban J connectivity index is 1.13. The van der Waals surface area contributed by atoms with Crippen LogP contribution in [0.3, 0.4) is 0 Å². The average molecular weight is 1490 g/mol. The van der Waals surface area contributed by atoms with E-state index in [0.717, 1.165) is 29.5 Å². The van der Waals surface area contributed by atoms with Gasteiger partial charge in [0.05, 0.1) is 49.1 Å². The van der Waals surface area contributed by atoms with Gasteiger partial charge < -0.3 is 62.8 Å². The van der Waals surface area contributed by atoms with Crippen LogP contribution in [0.5, 0.6) is 0 Å². The summed E-state index contributed by atoms with van der Waals surface area (Å²) in [6, 6.07) is 5.01. The van der Waals surface area contributed by atoms with Crippen LogP contribution in [0.15, 0.2) is 48.5 Å². The maximum Gasteiger partial charge on any atom is 0.327 e. The van der Waals surface area contributed by atoms with Gasteiger partial charge in [0, 0.05) is 119 Å². The highest BCUT2D eigenvalue weighted by molar-refractivity contribution is 7.99. The van der Waals surface area contributed by atoms with E-state index >= 15 is 0 Å². The number of aliphatic hydroxyl groups is 1. The van der Waals surface area contributed by atoms with Gasteiger partial charge in [-0.1, -0.05) is 68.3 Å². The summed E-state index contributed by atoms with van der Waals surface area (Å²) >= 11 is 4.17. The molecule has 7 rings (SSSR count). The van der Waals surface area contributed by atoms with Crippen LogP contribution in [0.2, 0.25) is 0 Å². The summed E-state index contributed by atoms with van der Waals surface area (Å²) in [6.07, 6.45) is 0.496. The maximum absolute atomic E-state index is 15.0. The molecule has 8 amide bonds. The summed E-state index contributed by atoms with van der Waals surface area (Å²) in [5.74, 6) is -8.63. The fourth-order valence-corrected chi connectivity index (χ4v) is 17.6. The third-order valence-corrected chi connectivity index (χ3v) is 23.3. The summed E-state index contributed by atoms with van der Waals surface area (Å²) in [6.45, 7) is 4.51. The maximum atomic E-state index is 15.0. The number of benzene rings is 2. The zero-order chi connectivity index (χ0) is 73.3. The van der Waals surface area contributed by atoms with E-state index in [0.29, 0.717) is 35.7 Å². The molecule has 5 heterocycles. The number of nitrogens with one attached hydrogen (secondary N) is 6. The van der Waals surface area contributed by atoms with Gasteiger partial charge in [-0.25, -0.2) is 4.79 Å². The van der Waals surface area contributed by atoms with Crippen LogP contribution in [-0.2, 0) is 92.0 Å². The smallest absolute Gasteiger partial charge is 0.327 e. The molecule has 101 heavy (non-hydrogen) atoms. The lowest BCUT2D eigenvalue weighted by Crippen LogP contribution is -2.62. The van der Waals surface area contributed by atoms with Crippen LogP contribution >= 0.6 is 35.3 Å². The molecular formula is C66H97N13O18S4. The van der Waals surface area contributed by atoms with Gasteiger partial charge in [-0.2, -0.15) is 35.3 Å². The predicted molar refractivity (Wildman–Crippen MR) is 379 cm³/mol. The van der Waals surface area contributed by atoms with Crippen LogP contribution < -0.4 is 37.6 Å². The second-order valence-electron chi connectivity index (χ2n) is 26.0. The molecule has 1 unspecified atom stereocenters. The molecule has 4 bridgehead atoms. The van der Waals surface area contributed by atoms with Crippen molar-refractivity contribution in [2.45, 2.75) is 149 Å². The third-order valence-electron chi connectivity index (χ3n) is 18.2. The molecule has 2 aromatic rings. The number of aliphatic carboxylic acids is 4. The van der Waals surface area contributed by atoms with E-state index < -0.39 is 142 Å². The quantitative estimate of drug-likeness (QED) is 0.0501. The van der Waals surface area contributed by atoms with Gasteiger partial charge in [-0.15, -0.1) is 0 Å². The van der Waals surface area contributed by atoms with Crippen molar-refractivity contribution < 1.29 is 87.3 Å². The van der Waals surface area contributed by atoms with Gasteiger partial charge in [0.1, 0.15) is 36.3 Å². The van der Waals surface area contributed by atoms with Crippen LogP contribution in [0.1, 0.15) is 93.9 Å². The molecular weight excluding hydrogens is 1390 g/mol. The molecule has 0 spiro atoms. The molecule has 558 valence electrons. The highest BCUT2D eigenvalue weighted by Crippen LogP contribution is 2.42. The number of rotatable bonds is 25. The van der Waals surface area contributed by atoms with Crippen molar-refractivity contribution in [3.63, 3.8) is 0 Å². The zero-order valence-electron chi connectivity index (χ0n) is 57.1.